The quantitative estimate of drug-likeness (QED) is 0.384. The SMILES string of the molecule is CCCCCC(Br)C(Cl)(Br)C(Cl)(Cl)Cl. The average molecular weight is 410 g/mol. The van der Waals surface area contributed by atoms with Crippen LogP contribution in [-0.2, 0) is 0 Å². The van der Waals surface area contributed by atoms with Crippen molar-refractivity contribution < 1.29 is 0 Å². The van der Waals surface area contributed by atoms with E-state index in [9.17, 15) is 0 Å². The molecule has 0 spiro atoms. The van der Waals surface area contributed by atoms with Crippen molar-refractivity contribution in [2.45, 2.75) is 45.0 Å². The lowest BCUT2D eigenvalue weighted by Crippen LogP contribution is -2.39. The fourth-order valence-electron chi connectivity index (χ4n) is 0.932. The highest BCUT2D eigenvalue weighted by Gasteiger charge is 2.49. The van der Waals surface area contributed by atoms with E-state index in [1.54, 1.807) is 0 Å². The molecule has 0 saturated carbocycles. The molecule has 0 rings (SSSR count). The Balaban J connectivity index is 4.15. The minimum absolute atomic E-state index is 0.0734. The molecular weight excluding hydrogens is 398 g/mol. The highest BCUT2D eigenvalue weighted by atomic mass is 79.9. The van der Waals surface area contributed by atoms with Gasteiger partial charge in [0.1, 0.15) is 0 Å². The monoisotopic (exact) mass is 406 g/mol. The molecule has 0 aliphatic heterocycles. The fraction of sp³-hybridized carbons (Fsp3) is 1.00. The van der Waals surface area contributed by atoms with Crippen LogP contribution in [0.25, 0.3) is 0 Å². The maximum absolute atomic E-state index is 6.12. The molecule has 0 bridgehead atoms. The number of hydrogen-bond donors (Lipinski definition) is 0. The van der Waals surface area contributed by atoms with Gasteiger partial charge in [0.25, 0.3) is 0 Å². The van der Waals surface area contributed by atoms with Crippen LogP contribution in [0.5, 0.6) is 0 Å². The number of alkyl halides is 6. The third-order valence-corrected chi connectivity index (χ3v) is 7.42. The van der Waals surface area contributed by atoms with E-state index in [0.29, 0.717) is 0 Å². The van der Waals surface area contributed by atoms with E-state index in [1.807, 2.05) is 0 Å². The lowest BCUT2D eigenvalue weighted by Gasteiger charge is -2.32. The van der Waals surface area contributed by atoms with Crippen LogP contribution in [-0.4, -0.2) is 12.4 Å². The Morgan fingerprint density at radius 2 is 1.64 bits per heavy atom. The molecule has 0 aromatic carbocycles. The second-order valence-electron chi connectivity index (χ2n) is 3.08. The molecule has 0 aromatic heterocycles. The van der Waals surface area contributed by atoms with E-state index < -0.39 is 7.58 Å². The van der Waals surface area contributed by atoms with Gasteiger partial charge in [-0.3, -0.25) is 0 Å². The van der Waals surface area contributed by atoms with E-state index in [2.05, 4.69) is 38.8 Å². The Kier molecular flexibility index (Phi) is 7.78. The molecule has 0 saturated heterocycles. The third kappa shape index (κ3) is 4.97. The molecule has 6 heteroatoms. The molecule has 0 aliphatic rings. The van der Waals surface area contributed by atoms with E-state index in [1.165, 1.54) is 0 Å². The third-order valence-electron chi connectivity index (χ3n) is 1.83. The molecule has 2 atom stereocenters. The molecule has 0 heterocycles. The van der Waals surface area contributed by atoms with Gasteiger partial charge in [0, 0.05) is 4.83 Å². The van der Waals surface area contributed by atoms with Crippen LogP contribution in [0.4, 0.5) is 0 Å². The maximum Gasteiger partial charge on any atom is 0.220 e. The lowest BCUT2D eigenvalue weighted by atomic mass is 10.1. The second-order valence-corrected chi connectivity index (χ2v) is 8.77. The van der Waals surface area contributed by atoms with Gasteiger partial charge in [-0.05, 0) is 6.42 Å². The first-order chi connectivity index (χ1) is 6.23. The first-order valence-electron chi connectivity index (χ1n) is 4.32. The Bertz CT molecular complexity index is 167. The predicted molar refractivity (Wildman–Crippen MR) is 74.7 cm³/mol. The number of halogens is 6. The molecule has 0 N–H and O–H groups in total. The summed E-state index contributed by atoms with van der Waals surface area (Å²) >= 11 is 30.1. The van der Waals surface area contributed by atoms with Gasteiger partial charge in [0.05, 0.1) is 0 Å². The molecule has 0 amide bonds. The summed E-state index contributed by atoms with van der Waals surface area (Å²) in [6, 6.07) is 0. The van der Waals surface area contributed by atoms with Crippen LogP contribution in [0.3, 0.4) is 0 Å². The number of rotatable bonds is 5. The molecule has 0 aromatic rings. The van der Waals surface area contributed by atoms with Gasteiger partial charge in [-0.15, -0.1) is 11.6 Å². The molecule has 14 heavy (non-hydrogen) atoms. The topological polar surface area (TPSA) is 0 Å². The van der Waals surface area contributed by atoms with E-state index >= 15 is 0 Å². The minimum Gasteiger partial charge on any atom is -0.101 e. The van der Waals surface area contributed by atoms with Crippen LogP contribution < -0.4 is 0 Å². The Hall–Kier alpha value is 2.12. The van der Waals surface area contributed by atoms with Crippen molar-refractivity contribution >= 4 is 78.3 Å². The standard InChI is InChI=1S/C8H12Br2Cl4/c1-2-3-4-5-6(9)7(10,11)8(12,13)14/h6H,2-5H2,1H3. The van der Waals surface area contributed by atoms with Gasteiger partial charge in [0.2, 0.25) is 3.79 Å². The molecule has 0 fully saturated rings. The van der Waals surface area contributed by atoms with Gasteiger partial charge in [-0.1, -0.05) is 92.8 Å². The van der Waals surface area contributed by atoms with Gasteiger partial charge < -0.3 is 0 Å². The fourth-order valence-corrected chi connectivity index (χ4v) is 2.73. The zero-order valence-electron chi connectivity index (χ0n) is 7.67. The van der Waals surface area contributed by atoms with Gasteiger partial charge in [-0.25, -0.2) is 0 Å². The van der Waals surface area contributed by atoms with Crippen molar-refractivity contribution in [3.05, 3.63) is 0 Å². The first-order valence-corrected chi connectivity index (χ1v) is 7.54. The van der Waals surface area contributed by atoms with E-state index in [-0.39, 0.29) is 4.83 Å². The highest BCUT2D eigenvalue weighted by Crippen LogP contribution is 2.52. The van der Waals surface area contributed by atoms with Crippen molar-refractivity contribution in [2.24, 2.45) is 0 Å². The minimum atomic E-state index is -1.53. The summed E-state index contributed by atoms with van der Waals surface area (Å²) in [6.45, 7) is 2.14. The van der Waals surface area contributed by atoms with Crippen molar-refractivity contribution in [2.75, 3.05) is 0 Å². The van der Waals surface area contributed by atoms with E-state index in [4.69, 9.17) is 46.4 Å². The van der Waals surface area contributed by atoms with Gasteiger partial charge in [-0.2, -0.15) is 0 Å². The molecule has 0 radical (unpaired) electrons. The largest absolute Gasteiger partial charge is 0.220 e. The smallest absolute Gasteiger partial charge is 0.101 e. The normalized spacial score (nSPS) is 19.1. The van der Waals surface area contributed by atoms with Crippen LogP contribution in [0.2, 0.25) is 0 Å². The van der Waals surface area contributed by atoms with Crippen LogP contribution in [0.15, 0.2) is 0 Å². The van der Waals surface area contributed by atoms with Crippen molar-refractivity contribution in [1.29, 1.82) is 0 Å². The molecular formula is C8H12Br2Cl4. The number of unbranched alkanes of at least 4 members (excludes halogenated alkanes) is 2. The number of hydrogen-bond acceptors (Lipinski definition) is 0. The summed E-state index contributed by atoms with van der Waals surface area (Å²) in [5.74, 6) is 0. The average Bonchev–Trinajstić information content (AvgIpc) is 2.02. The van der Waals surface area contributed by atoms with E-state index in [0.717, 1.165) is 25.7 Å². The molecule has 2 unspecified atom stereocenters. The van der Waals surface area contributed by atoms with Crippen LogP contribution in [0, 0.1) is 0 Å². The Morgan fingerprint density at radius 3 is 2.00 bits per heavy atom. The highest BCUT2D eigenvalue weighted by molar-refractivity contribution is 9.13. The van der Waals surface area contributed by atoms with Crippen LogP contribution >= 0.6 is 78.3 Å². The maximum atomic E-state index is 6.12. The Morgan fingerprint density at radius 1 is 1.14 bits per heavy atom. The summed E-state index contributed by atoms with van der Waals surface area (Å²) in [5, 5.41) is 0. The second kappa shape index (κ2) is 6.76. The van der Waals surface area contributed by atoms with Crippen molar-refractivity contribution in [3.63, 3.8) is 0 Å². The molecule has 0 aliphatic carbocycles. The van der Waals surface area contributed by atoms with Crippen LogP contribution in [0.1, 0.15) is 32.6 Å². The summed E-state index contributed by atoms with van der Waals surface area (Å²) in [4.78, 5) is -0.0734. The van der Waals surface area contributed by atoms with Crippen molar-refractivity contribution in [3.8, 4) is 0 Å². The zero-order valence-corrected chi connectivity index (χ0v) is 13.9. The molecule has 0 nitrogen and oxygen atoms in total. The summed E-state index contributed by atoms with van der Waals surface area (Å²) in [7, 11) is 0. The van der Waals surface area contributed by atoms with Gasteiger partial charge in [0.15, 0.2) is 3.78 Å². The summed E-state index contributed by atoms with van der Waals surface area (Å²) in [6.07, 6.45) is 4.25. The lowest BCUT2D eigenvalue weighted by molar-refractivity contribution is 0.621. The first kappa shape index (κ1) is 16.1. The van der Waals surface area contributed by atoms with Gasteiger partial charge >= 0.3 is 0 Å². The summed E-state index contributed by atoms with van der Waals surface area (Å²) < 4.78 is -2.59. The predicted octanol–water partition coefficient (Wildman–Crippen LogP) is 6.03. The molecule has 86 valence electrons. The van der Waals surface area contributed by atoms with Crippen molar-refractivity contribution in [1.82, 2.24) is 0 Å². The zero-order chi connectivity index (χ0) is 11.4. The Labute approximate surface area is 122 Å². The summed E-state index contributed by atoms with van der Waals surface area (Å²) in [5.41, 5.74) is 0.